The summed E-state index contributed by atoms with van der Waals surface area (Å²) >= 11 is 3.47. The van der Waals surface area contributed by atoms with Crippen molar-refractivity contribution in [1.29, 1.82) is 0 Å². The molecular formula is C16H22BrNO2. The Labute approximate surface area is 129 Å². The van der Waals surface area contributed by atoms with Crippen LogP contribution in [0.1, 0.15) is 37.0 Å². The number of nitrogens with zero attached hydrogens (tertiary/aromatic N) is 1. The fraction of sp³-hybridized carbons (Fsp3) is 0.562. The highest BCUT2D eigenvalue weighted by Crippen LogP contribution is 2.23. The van der Waals surface area contributed by atoms with Crippen LogP contribution in [0.5, 0.6) is 5.75 Å². The molecule has 1 heterocycles. The number of likely N-dealkylation sites (tertiary alicyclic amines) is 1. The van der Waals surface area contributed by atoms with E-state index >= 15 is 0 Å². The third-order valence-corrected chi connectivity index (χ3v) is 4.02. The van der Waals surface area contributed by atoms with Gasteiger partial charge in [0.25, 0.3) is 5.91 Å². The zero-order chi connectivity index (χ0) is 14.5. The van der Waals surface area contributed by atoms with E-state index in [2.05, 4.69) is 15.9 Å². The van der Waals surface area contributed by atoms with Crippen molar-refractivity contribution in [3.8, 4) is 5.75 Å². The second kappa shape index (κ2) is 7.11. The maximum atomic E-state index is 12.4. The topological polar surface area (TPSA) is 29.5 Å². The van der Waals surface area contributed by atoms with Gasteiger partial charge in [-0.1, -0.05) is 15.9 Å². The Morgan fingerprint density at radius 1 is 1.40 bits per heavy atom. The van der Waals surface area contributed by atoms with Crippen molar-refractivity contribution < 1.29 is 9.53 Å². The summed E-state index contributed by atoms with van der Waals surface area (Å²) in [6, 6.07) is 7.47. The zero-order valence-electron chi connectivity index (χ0n) is 12.1. The summed E-state index contributed by atoms with van der Waals surface area (Å²) in [7, 11) is 0. The van der Waals surface area contributed by atoms with Crippen LogP contribution >= 0.6 is 15.9 Å². The van der Waals surface area contributed by atoms with Crippen LogP contribution in [0.15, 0.2) is 24.3 Å². The molecule has 110 valence electrons. The molecule has 0 N–H and O–H groups in total. The number of halogens is 1. The van der Waals surface area contributed by atoms with Crippen molar-refractivity contribution in [3.63, 3.8) is 0 Å². The van der Waals surface area contributed by atoms with Gasteiger partial charge in [-0.05, 0) is 56.9 Å². The summed E-state index contributed by atoms with van der Waals surface area (Å²) in [5.41, 5.74) is 0.751. The van der Waals surface area contributed by atoms with Gasteiger partial charge in [-0.3, -0.25) is 4.79 Å². The smallest absolute Gasteiger partial charge is 0.253 e. The van der Waals surface area contributed by atoms with E-state index in [0.29, 0.717) is 5.92 Å². The maximum absolute atomic E-state index is 12.4. The molecular weight excluding hydrogens is 318 g/mol. The van der Waals surface area contributed by atoms with Gasteiger partial charge < -0.3 is 9.64 Å². The van der Waals surface area contributed by atoms with Gasteiger partial charge in [0.05, 0.1) is 6.10 Å². The summed E-state index contributed by atoms with van der Waals surface area (Å²) in [5, 5.41) is 1.01. The Balaban J connectivity index is 1.96. The molecule has 1 aromatic carbocycles. The molecule has 1 fully saturated rings. The highest BCUT2D eigenvalue weighted by molar-refractivity contribution is 9.09. The quantitative estimate of drug-likeness (QED) is 0.765. The van der Waals surface area contributed by atoms with E-state index in [1.54, 1.807) is 0 Å². The lowest BCUT2D eigenvalue weighted by Crippen LogP contribution is -2.28. The molecule has 4 heteroatoms. The molecule has 0 radical (unpaired) electrons. The maximum Gasteiger partial charge on any atom is 0.253 e. The third kappa shape index (κ3) is 3.98. The van der Waals surface area contributed by atoms with Gasteiger partial charge in [0.1, 0.15) is 5.75 Å². The number of amides is 1. The summed E-state index contributed by atoms with van der Waals surface area (Å²) in [4.78, 5) is 14.4. The van der Waals surface area contributed by atoms with E-state index in [0.717, 1.165) is 42.6 Å². The Morgan fingerprint density at radius 3 is 2.70 bits per heavy atom. The molecule has 1 saturated heterocycles. The molecule has 1 aliphatic heterocycles. The number of hydrogen-bond donors (Lipinski definition) is 0. The van der Waals surface area contributed by atoms with E-state index < -0.39 is 0 Å². The van der Waals surface area contributed by atoms with Crippen LogP contribution in [0.4, 0.5) is 0 Å². The molecule has 3 nitrogen and oxygen atoms in total. The molecule has 1 atom stereocenters. The number of carbonyl (C=O) groups excluding carboxylic acids is 1. The van der Waals surface area contributed by atoms with Crippen LogP contribution in [-0.2, 0) is 0 Å². The first-order valence-corrected chi connectivity index (χ1v) is 8.34. The summed E-state index contributed by atoms with van der Waals surface area (Å²) < 4.78 is 5.59. The van der Waals surface area contributed by atoms with Crippen molar-refractivity contribution in [1.82, 2.24) is 4.90 Å². The molecule has 2 rings (SSSR count). The molecule has 0 aromatic heterocycles. The standard InChI is InChI=1S/C16H22BrNO2/c1-12(2)20-15-5-3-14(4-6-15)16(19)18-10-8-13(11-18)7-9-17/h3-6,12-13H,7-11H2,1-2H3. The molecule has 1 aromatic rings. The Kier molecular flexibility index (Phi) is 5.46. The molecule has 1 amide bonds. The molecule has 1 aliphatic rings. The summed E-state index contributed by atoms with van der Waals surface area (Å²) in [6.07, 6.45) is 2.41. The fourth-order valence-electron chi connectivity index (χ4n) is 2.54. The first-order chi connectivity index (χ1) is 9.60. The van der Waals surface area contributed by atoms with Crippen LogP contribution < -0.4 is 4.74 Å². The summed E-state index contributed by atoms with van der Waals surface area (Å²) in [5.74, 6) is 1.59. The third-order valence-electron chi connectivity index (χ3n) is 3.56. The normalized spacial score (nSPS) is 18.6. The van der Waals surface area contributed by atoms with Gasteiger partial charge in [-0.2, -0.15) is 0 Å². The minimum atomic E-state index is 0.137. The van der Waals surface area contributed by atoms with E-state index in [1.807, 2.05) is 43.0 Å². The molecule has 0 aliphatic carbocycles. The number of hydrogen-bond acceptors (Lipinski definition) is 2. The van der Waals surface area contributed by atoms with Crippen molar-refractivity contribution in [2.45, 2.75) is 32.8 Å². The monoisotopic (exact) mass is 339 g/mol. The average molecular weight is 340 g/mol. The van der Waals surface area contributed by atoms with Crippen LogP contribution in [0, 0.1) is 5.92 Å². The zero-order valence-corrected chi connectivity index (χ0v) is 13.7. The minimum absolute atomic E-state index is 0.137. The SMILES string of the molecule is CC(C)Oc1ccc(C(=O)N2CCC(CCBr)C2)cc1. The number of carbonyl (C=O) groups is 1. The van der Waals surface area contributed by atoms with Crippen molar-refractivity contribution in [2.24, 2.45) is 5.92 Å². The lowest BCUT2D eigenvalue weighted by molar-refractivity contribution is 0.0787. The van der Waals surface area contributed by atoms with Gasteiger partial charge in [-0.25, -0.2) is 0 Å². The minimum Gasteiger partial charge on any atom is -0.491 e. The largest absolute Gasteiger partial charge is 0.491 e. The van der Waals surface area contributed by atoms with Crippen molar-refractivity contribution in [2.75, 3.05) is 18.4 Å². The second-order valence-corrected chi connectivity index (χ2v) is 6.37. The van der Waals surface area contributed by atoms with Crippen molar-refractivity contribution in [3.05, 3.63) is 29.8 Å². The molecule has 0 saturated carbocycles. The van der Waals surface area contributed by atoms with Gasteiger partial charge in [0.2, 0.25) is 0 Å². The van der Waals surface area contributed by atoms with Gasteiger partial charge in [0, 0.05) is 24.0 Å². The van der Waals surface area contributed by atoms with Gasteiger partial charge >= 0.3 is 0 Å². The van der Waals surface area contributed by atoms with E-state index in [9.17, 15) is 4.79 Å². The van der Waals surface area contributed by atoms with Gasteiger partial charge in [-0.15, -0.1) is 0 Å². The van der Waals surface area contributed by atoms with Gasteiger partial charge in [0.15, 0.2) is 0 Å². The Bertz CT molecular complexity index is 444. The van der Waals surface area contributed by atoms with E-state index in [-0.39, 0.29) is 12.0 Å². The van der Waals surface area contributed by atoms with E-state index in [4.69, 9.17) is 4.74 Å². The first-order valence-electron chi connectivity index (χ1n) is 7.22. The van der Waals surface area contributed by atoms with Crippen LogP contribution in [0.3, 0.4) is 0 Å². The lowest BCUT2D eigenvalue weighted by atomic mass is 10.1. The predicted octanol–water partition coefficient (Wildman–Crippen LogP) is 3.72. The Morgan fingerprint density at radius 2 is 2.10 bits per heavy atom. The number of rotatable bonds is 5. The number of benzene rings is 1. The average Bonchev–Trinajstić information content (AvgIpc) is 2.87. The molecule has 0 bridgehead atoms. The molecule has 1 unspecified atom stereocenters. The predicted molar refractivity (Wildman–Crippen MR) is 84.6 cm³/mol. The highest BCUT2D eigenvalue weighted by Gasteiger charge is 2.26. The summed E-state index contributed by atoms with van der Waals surface area (Å²) in [6.45, 7) is 5.75. The van der Waals surface area contributed by atoms with E-state index in [1.165, 1.54) is 0 Å². The Hall–Kier alpha value is -1.03. The fourth-order valence-corrected chi connectivity index (χ4v) is 3.19. The molecule has 20 heavy (non-hydrogen) atoms. The van der Waals surface area contributed by atoms with Crippen LogP contribution in [-0.4, -0.2) is 35.3 Å². The van der Waals surface area contributed by atoms with Crippen LogP contribution in [0.2, 0.25) is 0 Å². The van der Waals surface area contributed by atoms with Crippen molar-refractivity contribution >= 4 is 21.8 Å². The lowest BCUT2D eigenvalue weighted by Gasteiger charge is -2.17. The molecule has 0 spiro atoms. The van der Waals surface area contributed by atoms with Crippen LogP contribution in [0.25, 0.3) is 0 Å². The number of ether oxygens (including phenoxy) is 1. The number of alkyl halides is 1. The highest BCUT2D eigenvalue weighted by atomic mass is 79.9. The second-order valence-electron chi connectivity index (χ2n) is 5.57. The first kappa shape index (κ1) is 15.4.